The Kier molecular flexibility index (Phi) is 8.79. The number of aromatic carboxylic acids is 1. The van der Waals surface area contributed by atoms with Crippen LogP contribution in [0.1, 0.15) is 38.2 Å². The van der Waals surface area contributed by atoms with Crippen molar-refractivity contribution in [2.45, 2.75) is 34.6 Å². The molecule has 0 aliphatic heterocycles. The van der Waals surface area contributed by atoms with E-state index in [9.17, 15) is 9.90 Å². The number of aryl methyl sites for hydroxylation is 5. The van der Waals surface area contributed by atoms with E-state index in [0.29, 0.717) is 0 Å². The highest BCUT2D eigenvalue weighted by molar-refractivity contribution is 8.01. The summed E-state index contributed by atoms with van der Waals surface area (Å²) in [4.78, 5) is 10.2. The summed E-state index contributed by atoms with van der Waals surface area (Å²) < 4.78 is 0. The summed E-state index contributed by atoms with van der Waals surface area (Å²) in [6, 6.07) is 43.2. The van der Waals surface area contributed by atoms with Gasteiger partial charge in [-0.05, 0) is 88.7 Å². The zero-order valence-electron chi connectivity index (χ0n) is 23.3. The van der Waals surface area contributed by atoms with E-state index in [1.165, 1.54) is 55.6 Å². The average Bonchev–Trinajstić information content (AvgIpc) is 2.93. The fourth-order valence-corrected chi connectivity index (χ4v) is 8.83. The molecule has 0 aliphatic carbocycles. The monoisotopic (exact) mass is 530 g/mol. The number of benzene rings is 5. The minimum Gasteiger partial charge on any atom is -0.545 e. The number of rotatable bonds is 5. The molecule has 3 heteroatoms. The number of hydrogen-bond donors (Lipinski definition) is 0. The van der Waals surface area contributed by atoms with E-state index in [4.69, 9.17) is 0 Å². The lowest BCUT2D eigenvalue weighted by atomic mass is 10.2. The van der Waals surface area contributed by atoms with Crippen LogP contribution in [-0.4, -0.2) is 5.97 Å². The summed E-state index contributed by atoms with van der Waals surface area (Å²) in [5, 5.41) is 15.8. The summed E-state index contributed by atoms with van der Waals surface area (Å²) in [6.45, 7) is 10.5. The molecule has 5 aromatic rings. The van der Waals surface area contributed by atoms with Crippen molar-refractivity contribution < 1.29 is 9.90 Å². The maximum Gasteiger partial charge on any atom is 0.144 e. The molecule has 2 nitrogen and oxygen atoms in total. The fourth-order valence-electron chi connectivity index (χ4n) is 4.66. The lowest BCUT2D eigenvalue weighted by molar-refractivity contribution is -0.255. The van der Waals surface area contributed by atoms with E-state index in [1.807, 2.05) is 6.92 Å². The molecular formula is C36H35O2P. The number of hydrogen-bond acceptors (Lipinski definition) is 2. The van der Waals surface area contributed by atoms with Crippen LogP contribution >= 0.6 is 7.26 Å². The van der Waals surface area contributed by atoms with Crippen LogP contribution in [0, 0.1) is 34.6 Å². The molecule has 5 aromatic carbocycles. The van der Waals surface area contributed by atoms with Gasteiger partial charge in [-0.15, -0.1) is 0 Å². The fraction of sp³-hybridized carbons (Fsp3) is 0.139. The number of carbonyl (C=O) groups is 1. The summed E-state index contributed by atoms with van der Waals surface area (Å²) in [6.07, 6.45) is 0. The van der Waals surface area contributed by atoms with Crippen molar-refractivity contribution >= 4 is 34.4 Å². The van der Waals surface area contributed by atoms with Gasteiger partial charge in [-0.2, -0.15) is 0 Å². The molecule has 0 fully saturated rings. The maximum atomic E-state index is 10.2. The molecule has 0 radical (unpaired) electrons. The van der Waals surface area contributed by atoms with Crippen LogP contribution in [0.4, 0.5) is 0 Å². The number of carboxylic acids is 1. The molecule has 0 N–H and O–H groups in total. The smallest absolute Gasteiger partial charge is 0.144 e. The molecule has 0 aromatic heterocycles. The van der Waals surface area contributed by atoms with Crippen molar-refractivity contribution in [3.8, 4) is 0 Å². The van der Waals surface area contributed by atoms with Crippen molar-refractivity contribution in [2.75, 3.05) is 0 Å². The second-order valence-electron chi connectivity index (χ2n) is 10.2. The Labute approximate surface area is 233 Å². The Morgan fingerprint density at radius 3 is 0.821 bits per heavy atom. The predicted molar refractivity (Wildman–Crippen MR) is 166 cm³/mol. The van der Waals surface area contributed by atoms with Gasteiger partial charge in [0.1, 0.15) is 28.5 Å². The lowest BCUT2D eigenvalue weighted by Crippen LogP contribution is -2.38. The largest absolute Gasteiger partial charge is 0.545 e. The first kappa shape index (κ1) is 28.0. The van der Waals surface area contributed by atoms with Crippen LogP contribution in [0.15, 0.2) is 121 Å². The first-order valence-electron chi connectivity index (χ1n) is 13.2. The van der Waals surface area contributed by atoms with Crippen LogP contribution in [0.25, 0.3) is 0 Å². The van der Waals surface area contributed by atoms with Gasteiger partial charge in [0.05, 0.1) is 5.97 Å². The van der Waals surface area contributed by atoms with Crippen LogP contribution in [0.2, 0.25) is 0 Å². The summed E-state index contributed by atoms with van der Waals surface area (Å²) in [5.41, 5.74) is 6.45. The molecule has 0 saturated carbocycles. The molecular weight excluding hydrogens is 495 g/mol. The first-order chi connectivity index (χ1) is 18.7. The highest BCUT2D eigenvalue weighted by Gasteiger charge is 2.47. The minimum absolute atomic E-state index is 0.227. The third kappa shape index (κ3) is 6.36. The van der Waals surface area contributed by atoms with E-state index in [2.05, 4.69) is 125 Å². The maximum absolute atomic E-state index is 10.2. The quantitative estimate of drug-likeness (QED) is 0.266. The average molecular weight is 531 g/mol. The van der Waals surface area contributed by atoms with E-state index >= 15 is 0 Å². The van der Waals surface area contributed by atoms with Gasteiger partial charge in [0.2, 0.25) is 0 Å². The van der Waals surface area contributed by atoms with Gasteiger partial charge in [0.25, 0.3) is 0 Å². The third-order valence-corrected chi connectivity index (χ3v) is 11.3. The Morgan fingerprint density at radius 2 is 0.615 bits per heavy atom. The first-order valence-corrected chi connectivity index (χ1v) is 14.9. The molecule has 0 unspecified atom stereocenters. The van der Waals surface area contributed by atoms with Crippen molar-refractivity contribution in [3.63, 3.8) is 0 Å². The molecule has 0 spiro atoms. The van der Waals surface area contributed by atoms with E-state index < -0.39 is 13.2 Å². The van der Waals surface area contributed by atoms with Gasteiger partial charge in [-0.25, -0.2) is 0 Å². The summed E-state index contributed by atoms with van der Waals surface area (Å²) in [7, 11) is -1.98. The zero-order chi connectivity index (χ0) is 28.0. The van der Waals surface area contributed by atoms with Crippen LogP contribution in [-0.2, 0) is 0 Å². The third-order valence-electron chi connectivity index (χ3n) is 6.97. The van der Waals surface area contributed by atoms with E-state index in [0.717, 1.165) is 5.56 Å². The Bertz CT molecular complexity index is 1330. The molecule has 0 aliphatic rings. The van der Waals surface area contributed by atoms with E-state index in [1.54, 1.807) is 12.1 Å². The van der Waals surface area contributed by atoms with Gasteiger partial charge in [-0.3, -0.25) is 0 Å². The van der Waals surface area contributed by atoms with Gasteiger partial charge in [0.15, 0.2) is 0 Å². The van der Waals surface area contributed by atoms with E-state index in [-0.39, 0.29) is 5.56 Å². The van der Waals surface area contributed by atoms with Crippen molar-refractivity contribution in [3.05, 3.63) is 155 Å². The molecule has 0 atom stereocenters. The van der Waals surface area contributed by atoms with Gasteiger partial charge >= 0.3 is 0 Å². The standard InChI is InChI=1S/C28H28P.C8H8O2/c1-21-5-13-25(14-6-21)29(26-15-7-22(2)8-16-26,27-17-9-23(3)10-18-27)28-19-11-24(4)12-20-28;1-6-2-4-7(5-3-6)8(9)10/h5-20H,1-4H3;2-5H,1H3,(H,9,10)/q+1;/p-1. The Hall–Kier alpha value is -4.00. The summed E-state index contributed by atoms with van der Waals surface area (Å²) in [5.74, 6) is -1.12. The van der Waals surface area contributed by atoms with Gasteiger partial charge in [-0.1, -0.05) is 101 Å². The molecule has 39 heavy (non-hydrogen) atoms. The summed E-state index contributed by atoms with van der Waals surface area (Å²) >= 11 is 0. The second kappa shape index (κ2) is 12.2. The molecule has 0 amide bonds. The van der Waals surface area contributed by atoms with Crippen LogP contribution < -0.4 is 26.3 Å². The molecule has 5 rings (SSSR count). The van der Waals surface area contributed by atoms with Crippen molar-refractivity contribution in [1.82, 2.24) is 0 Å². The SMILES string of the molecule is Cc1ccc(C(=O)[O-])cc1.Cc1ccc([P+](c2ccc(C)cc2)(c2ccc(C)cc2)c2ccc(C)cc2)cc1. The molecule has 0 bridgehead atoms. The van der Waals surface area contributed by atoms with Crippen LogP contribution in [0.5, 0.6) is 0 Å². The number of carbonyl (C=O) groups excluding carboxylic acids is 1. The van der Waals surface area contributed by atoms with Gasteiger partial charge in [0, 0.05) is 0 Å². The zero-order valence-corrected chi connectivity index (χ0v) is 24.2. The Balaban J connectivity index is 0.000000298. The minimum atomic E-state index is -1.98. The normalized spacial score (nSPS) is 10.9. The van der Waals surface area contributed by atoms with Crippen LogP contribution in [0.3, 0.4) is 0 Å². The highest BCUT2D eigenvalue weighted by atomic mass is 31.2. The second-order valence-corrected chi connectivity index (χ2v) is 13.6. The van der Waals surface area contributed by atoms with Crippen molar-refractivity contribution in [2.24, 2.45) is 0 Å². The van der Waals surface area contributed by atoms with Gasteiger partial charge < -0.3 is 9.90 Å². The predicted octanol–water partition coefficient (Wildman–Crippen LogP) is 5.90. The number of carboxylic acid groups (broad SMARTS) is 1. The highest BCUT2D eigenvalue weighted by Crippen LogP contribution is 2.54. The molecule has 196 valence electrons. The van der Waals surface area contributed by atoms with Crippen molar-refractivity contribution in [1.29, 1.82) is 0 Å². The topological polar surface area (TPSA) is 40.1 Å². The molecule has 0 heterocycles. The molecule has 0 saturated heterocycles. The Morgan fingerprint density at radius 1 is 0.410 bits per heavy atom. The lowest BCUT2D eigenvalue weighted by Gasteiger charge is -2.28.